The minimum Gasteiger partial charge on any atom is -0.337 e. The Bertz CT molecular complexity index is 1080. The van der Waals surface area contributed by atoms with Crippen LogP contribution in [0.15, 0.2) is 35.6 Å². The predicted octanol–water partition coefficient (Wildman–Crippen LogP) is 2.28. The summed E-state index contributed by atoms with van der Waals surface area (Å²) in [6, 6.07) is 4.01. The van der Waals surface area contributed by atoms with Gasteiger partial charge in [0.25, 0.3) is 5.91 Å². The van der Waals surface area contributed by atoms with Crippen molar-refractivity contribution in [1.29, 1.82) is 0 Å². The third-order valence-corrected chi connectivity index (χ3v) is 6.13. The Labute approximate surface area is 189 Å². The van der Waals surface area contributed by atoms with Crippen LogP contribution in [0.3, 0.4) is 0 Å². The van der Waals surface area contributed by atoms with Crippen LogP contribution >= 0.6 is 0 Å². The van der Waals surface area contributed by atoms with Gasteiger partial charge >= 0.3 is 6.03 Å². The molecule has 9 nitrogen and oxygen atoms in total. The molecular weight excluding hydrogens is 432 g/mol. The largest absolute Gasteiger partial charge is 0.341 e. The van der Waals surface area contributed by atoms with Crippen molar-refractivity contribution in [3.05, 3.63) is 53.4 Å². The number of carbonyl (C=O) groups is 2. The monoisotopic (exact) mass is 455 g/mol. The summed E-state index contributed by atoms with van der Waals surface area (Å²) < 4.78 is 27.4. The molecule has 11 heteroatoms. The zero-order chi connectivity index (χ0) is 22.9. The molecule has 0 radical (unpaired) electrons. The van der Waals surface area contributed by atoms with Gasteiger partial charge in [-0.15, -0.1) is 0 Å². The Morgan fingerprint density at radius 2 is 1.67 bits per heavy atom. The molecule has 2 saturated heterocycles. The van der Waals surface area contributed by atoms with E-state index in [2.05, 4.69) is 15.1 Å². The number of piperazine rings is 1. The number of nitrogens with zero attached hydrogens (tertiary/aromatic N) is 7. The summed E-state index contributed by atoms with van der Waals surface area (Å²) in [5.74, 6) is -1.01. The first kappa shape index (κ1) is 21.2. The highest BCUT2D eigenvalue weighted by Crippen LogP contribution is 2.30. The second kappa shape index (κ2) is 8.72. The normalized spacial score (nSPS) is 20.2. The number of amides is 3. The van der Waals surface area contributed by atoms with Gasteiger partial charge in [0.2, 0.25) is 5.95 Å². The van der Waals surface area contributed by atoms with Gasteiger partial charge in [-0.2, -0.15) is 5.10 Å². The molecule has 2 fully saturated rings. The number of hydrazone groups is 1. The van der Waals surface area contributed by atoms with Crippen molar-refractivity contribution in [1.82, 2.24) is 24.8 Å². The van der Waals surface area contributed by atoms with E-state index < -0.39 is 17.7 Å². The Kier molecular flexibility index (Phi) is 5.61. The van der Waals surface area contributed by atoms with Gasteiger partial charge in [-0.05, 0) is 30.2 Å². The molecule has 3 aliphatic heterocycles. The summed E-state index contributed by atoms with van der Waals surface area (Å²) in [5, 5.41) is 5.44. The Balaban J connectivity index is 1.23. The highest BCUT2D eigenvalue weighted by Gasteiger charge is 2.34. The number of urea groups is 1. The highest BCUT2D eigenvalue weighted by atomic mass is 19.1. The van der Waals surface area contributed by atoms with Crippen molar-refractivity contribution >= 4 is 24.1 Å². The summed E-state index contributed by atoms with van der Waals surface area (Å²) in [7, 11) is 0. The van der Waals surface area contributed by atoms with E-state index in [-0.39, 0.29) is 11.9 Å². The van der Waals surface area contributed by atoms with Gasteiger partial charge in [0.05, 0.1) is 6.04 Å². The first-order valence-corrected chi connectivity index (χ1v) is 10.9. The van der Waals surface area contributed by atoms with Crippen molar-refractivity contribution < 1.29 is 18.4 Å². The first-order chi connectivity index (χ1) is 16.0. The molecule has 4 heterocycles. The van der Waals surface area contributed by atoms with Crippen molar-refractivity contribution in [2.45, 2.75) is 18.9 Å². The van der Waals surface area contributed by atoms with E-state index in [4.69, 9.17) is 0 Å². The third-order valence-electron chi connectivity index (χ3n) is 6.13. The van der Waals surface area contributed by atoms with E-state index in [1.54, 1.807) is 28.3 Å². The third kappa shape index (κ3) is 4.22. The van der Waals surface area contributed by atoms with Gasteiger partial charge in [0.15, 0.2) is 0 Å². The average Bonchev–Trinajstić information content (AvgIpc) is 3.27. The number of aromatic nitrogens is 2. The molecule has 3 amide bonds. The van der Waals surface area contributed by atoms with Crippen LogP contribution in [0, 0.1) is 11.6 Å². The molecule has 1 atom stereocenters. The van der Waals surface area contributed by atoms with Crippen LogP contribution in [-0.2, 0) is 0 Å². The molecule has 0 N–H and O–H groups in total. The van der Waals surface area contributed by atoms with Crippen molar-refractivity contribution in [3.8, 4) is 0 Å². The number of hydrogen-bond donors (Lipinski definition) is 0. The first-order valence-electron chi connectivity index (χ1n) is 10.9. The smallest absolute Gasteiger partial charge is 0.337 e. The maximum absolute atomic E-state index is 13.7. The Morgan fingerprint density at radius 3 is 2.33 bits per heavy atom. The lowest BCUT2D eigenvalue weighted by atomic mass is 10.0. The maximum atomic E-state index is 13.7. The van der Waals surface area contributed by atoms with Gasteiger partial charge in [-0.25, -0.2) is 28.6 Å². The van der Waals surface area contributed by atoms with Crippen LogP contribution < -0.4 is 4.90 Å². The second-order valence-corrected chi connectivity index (χ2v) is 8.24. The molecule has 1 unspecified atom stereocenters. The second-order valence-electron chi connectivity index (χ2n) is 8.24. The number of benzene rings is 1. The van der Waals surface area contributed by atoms with Gasteiger partial charge in [0.1, 0.15) is 17.3 Å². The molecule has 1 aromatic carbocycles. The van der Waals surface area contributed by atoms with Gasteiger partial charge in [-0.3, -0.25) is 4.79 Å². The molecule has 0 bridgehead atoms. The topological polar surface area (TPSA) is 85.2 Å². The molecule has 0 saturated carbocycles. The predicted molar refractivity (Wildman–Crippen MR) is 116 cm³/mol. The molecule has 3 aliphatic rings. The summed E-state index contributed by atoms with van der Waals surface area (Å²) >= 11 is 0. The van der Waals surface area contributed by atoms with Crippen LogP contribution in [0.1, 0.15) is 34.9 Å². The lowest BCUT2D eigenvalue weighted by molar-refractivity contribution is 0.0645. The molecule has 5 rings (SSSR count). The van der Waals surface area contributed by atoms with E-state index in [0.717, 1.165) is 25.6 Å². The van der Waals surface area contributed by atoms with E-state index in [1.165, 1.54) is 17.1 Å². The fourth-order valence-electron chi connectivity index (χ4n) is 4.19. The Hall–Kier alpha value is -3.63. The van der Waals surface area contributed by atoms with Crippen LogP contribution in [0.5, 0.6) is 0 Å². The van der Waals surface area contributed by atoms with Gasteiger partial charge < -0.3 is 14.7 Å². The molecular formula is C22H23F2N7O2. The number of carbonyl (C=O) groups excluding carboxylic acids is 2. The molecule has 2 aromatic rings. The maximum Gasteiger partial charge on any atom is 0.341 e. The number of halogens is 2. The van der Waals surface area contributed by atoms with Crippen LogP contribution in [-0.4, -0.2) is 82.2 Å². The van der Waals surface area contributed by atoms with E-state index >= 15 is 0 Å². The molecule has 172 valence electrons. The fourth-order valence-corrected chi connectivity index (χ4v) is 4.19. The van der Waals surface area contributed by atoms with Crippen LogP contribution in [0.2, 0.25) is 0 Å². The molecule has 0 spiro atoms. The summed E-state index contributed by atoms with van der Waals surface area (Å²) in [5.41, 5.74) is 0.740. The van der Waals surface area contributed by atoms with Gasteiger partial charge in [0, 0.05) is 64.2 Å². The summed E-state index contributed by atoms with van der Waals surface area (Å²) in [4.78, 5) is 39.6. The van der Waals surface area contributed by atoms with Crippen LogP contribution in [0.4, 0.5) is 19.5 Å². The lowest BCUT2D eigenvalue weighted by Gasteiger charge is -2.37. The summed E-state index contributed by atoms with van der Waals surface area (Å²) in [6.45, 7) is 3.29. The SMILES string of the molecule is O=C(c1ccnc(N2CCN(C(=O)N3N=CCC3c3cc(F)cc(F)c3)CC2)n1)N1CCC1. The Morgan fingerprint density at radius 1 is 0.939 bits per heavy atom. The standard InChI is InChI=1S/C22H23F2N7O2/c23-16-12-15(13-17(24)14-16)19-3-5-26-31(19)22(33)30-10-8-29(9-11-30)21-25-4-2-18(27-21)20(32)28-6-1-7-28/h2,4-5,12-14,19H,1,3,6-11H2. The molecule has 33 heavy (non-hydrogen) atoms. The minimum atomic E-state index is -0.687. The fraction of sp³-hybridized carbons (Fsp3) is 0.409. The number of anilines is 1. The van der Waals surface area contributed by atoms with Crippen molar-refractivity contribution in [2.24, 2.45) is 5.10 Å². The number of likely N-dealkylation sites (tertiary alicyclic amines) is 1. The summed E-state index contributed by atoms with van der Waals surface area (Å²) in [6.07, 6.45) is 4.56. The zero-order valence-electron chi connectivity index (χ0n) is 17.9. The minimum absolute atomic E-state index is 0.0922. The highest BCUT2D eigenvalue weighted by molar-refractivity contribution is 5.93. The molecule has 0 aliphatic carbocycles. The van der Waals surface area contributed by atoms with Crippen molar-refractivity contribution in [3.63, 3.8) is 0 Å². The lowest BCUT2D eigenvalue weighted by Crippen LogP contribution is -2.52. The number of rotatable bonds is 3. The quantitative estimate of drug-likeness (QED) is 0.709. The number of hydrogen-bond acceptors (Lipinski definition) is 6. The zero-order valence-corrected chi connectivity index (χ0v) is 17.9. The van der Waals surface area contributed by atoms with E-state index in [1.807, 2.05) is 4.90 Å². The average molecular weight is 455 g/mol. The van der Waals surface area contributed by atoms with Crippen molar-refractivity contribution in [2.75, 3.05) is 44.2 Å². The molecule has 1 aromatic heterocycles. The van der Waals surface area contributed by atoms with E-state index in [0.29, 0.717) is 49.8 Å². The van der Waals surface area contributed by atoms with Crippen LogP contribution in [0.25, 0.3) is 0 Å². The van der Waals surface area contributed by atoms with E-state index in [9.17, 15) is 18.4 Å². The van der Waals surface area contributed by atoms with Gasteiger partial charge in [-0.1, -0.05) is 0 Å².